The van der Waals surface area contributed by atoms with Crippen molar-refractivity contribution in [3.63, 3.8) is 0 Å². The number of carbonyl (C=O) groups is 2. The first-order valence-electron chi connectivity index (χ1n) is 10.7. The van der Waals surface area contributed by atoms with E-state index < -0.39 is 5.91 Å². The third kappa shape index (κ3) is 5.38. The number of benzene rings is 2. The average molecular weight is 462 g/mol. The molecule has 1 fully saturated rings. The summed E-state index contributed by atoms with van der Waals surface area (Å²) in [6.07, 6.45) is 3.85. The summed E-state index contributed by atoms with van der Waals surface area (Å²) < 4.78 is 0. The van der Waals surface area contributed by atoms with Gasteiger partial charge in [-0.25, -0.2) is 4.98 Å². The third-order valence-electron chi connectivity index (χ3n) is 5.47. The van der Waals surface area contributed by atoms with E-state index in [1.807, 2.05) is 17.9 Å². The summed E-state index contributed by atoms with van der Waals surface area (Å²) in [5.41, 5.74) is 2.74. The van der Waals surface area contributed by atoms with E-state index >= 15 is 0 Å². The zero-order valence-electron chi connectivity index (χ0n) is 18.2. The van der Waals surface area contributed by atoms with Gasteiger partial charge in [0.25, 0.3) is 11.8 Å². The molecule has 1 aromatic heterocycles. The summed E-state index contributed by atoms with van der Waals surface area (Å²) in [6, 6.07) is 15.2. The minimum atomic E-state index is -0.432. The first kappa shape index (κ1) is 22.5. The molecule has 0 saturated carbocycles. The van der Waals surface area contributed by atoms with Gasteiger partial charge in [-0.3, -0.25) is 15.0 Å². The Morgan fingerprint density at radius 2 is 1.64 bits per heavy atom. The number of amidine groups is 1. The van der Waals surface area contributed by atoms with Crippen LogP contribution in [0.25, 0.3) is 0 Å². The highest BCUT2D eigenvalue weighted by Crippen LogP contribution is 2.23. The molecule has 2 heterocycles. The van der Waals surface area contributed by atoms with Gasteiger partial charge < -0.3 is 15.5 Å². The largest absolute Gasteiger partial charge is 0.357 e. The van der Waals surface area contributed by atoms with Gasteiger partial charge in [0.2, 0.25) is 0 Å². The van der Waals surface area contributed by atoms with Gasteiger partial charge in [0.05, 0.1) is 11.3 Å². The smallest absolute Gasteiger partial charge is 0.258 e. The summed E-state index contributed by atoms with van der Waals surface area (Å²) in [7, 11) is 0. The first-order chi connectivity index (χ1) is 15.9. The number of pyridine rings is 1. The number of rotatable bonds is 5. The molecule has 8 heteroatoms. The summed E-state index contributed by atoms with van der Waals surface area (Å²) in [5, 5.41) is 14.2. The monoisotopic (exact) mass is 461 g/mol. The molecular weight excluding hydrogens is 438 g/mol. The molecular formula is C25H24ClN5O2. The van der Waals surface area contributed by atoms with Crippen LogP contribution in [-0.4, -0.2) is 40.6 Å². The van der Waals surface area contributed by atoms with Crippen LogP contribution in [0.1, 0.15) is 44.7 Å². The molecule has 0 spiro atoms. The lowest BCUT2D eigenvalue weighted by Gasteiger charge is -2.18. The Balaban J connectivity index is 1.49. The molecule has 0 unspecified atom stereocenters. The van der Waals surface area contributed by atoms with E-state index in [4.69, 9.17) is 17.0 Å². The van der Waals surface area contributed by atoms with Gasteiger partial charge in [-0.05, 0) is 61.7 Å². The summed E-state index contributed by atoms with van der Waals surface area (Å²) in [4.78, 5) is 31.9. The maximum atomic E-state index is 12.9. The fraction of sp³-hybridized carbons (Fsp3) is 0.200. The van der Waals surface area contributed by atoms with Crippen LogP contribution in [0.4, 0.5) is 11.5 Å². The fourth-order valence-electron chi connectivity index (χ4n) is 3.64. The number of amides is 2. The van der Waals surface area contributed by atoms with Gasteiger partial charge in [-0.2, -0.15) is 0 Å². The number of hydrogen-bond acceptors (Lipinski definition) is 4. The van der Waals surface area contributed by atoms with Crippen molar-refractivity contribution in [2.45, 2.75) is 19.8 Å². The summed E-state index contributed by atoms with van der Waals surface area (Å²) in [6.45, 7) is 3.69. The van der Waals surface area contributed by atoms with E-state index in [1.54, 1.807) is 48.7 Å². The molecule has 2 amide bonds. The predicted octanol–water partition coefficient (Wildman–Crippen LogP) is 4.97. The molecule has 3 aromatic rings. The molecule has 1 aliphatic rings. The zero-order valence-corrected chi connectivity index (χ0v) is 18.9. The number of halogens is 1. The number of aromatic nitrogens is 1. The summed E-state index contributed by atoms with van der Waals surface area (Å²) in [5.74, 6) is 0.0809. The van der Waals surface area contributed by atoms with Crippen molar-refractivity contribution in [1.82, 2.24) is 9.88 Å². The average Bonchev–Trinajstić information content (AvgIpc) is 3.36. The maximum Gasteiger partial charge on any atom is 0.258 e. The molecule has 1 aliphatic heterocycles. The molecule has 33 heavy (non-hydrogen) atoms. The van der Waals surface area contributed by atoms with Crippen LogP contribution < -0.4 is 10.6 Å². The Hall–Kier alpha value is -3.71. The number of hydrogen-bond donors (Lipinski definition) is 3. The Morgan fingerprint density at radius 1 is 0.939 bits per heavy atom. The second-order valence-electron chi connectivity index (χ2n) is 7.94. The van der Waals surface area contributed by atoms with Gasteiger partial charge in [-0.15, -0.1) is 0 Å². The lowest BCUT2D eigenvalue weighted by atomic mass is 10.1. The Labute approximate surface area is 197 Å². The van der Waals surface area contributed by atoms with Crippen molar-refractivity contribution in [3.05, 3.63) is 88.1 Å². The van der Waals surface area contributed by atoms with Gasteiger partial charge >= 0.3 is 0 Å². The van der Waals surface area contributed by atoms with Crippen LogP contribution in [0, 0.1) is 12.3 Å². The highest BCUT2D eigenvalue weighted by atomic mass is 35.5. The highest BCUT2D eigenvalue weighted by Gasteiger charge is 2.18. The number of likely N-dealkylation sites (tertiary alicyclic amines) is 1. The van der Waals surface area contributed by atoms with Crippen LogP contribution in [0.3, 0.4) is 0 Å². The van der Waals surface area contributed by atoms with Crippen molar-refractivity contribution in [2.75, 3.05) is 23.7 Å². The minimum absolute atomic E-state index is 0.227. The Bertz CT molecular complexity index is 1190. The summed E-state index contributed by atoms with van der Waals surface area (Å²) >= 11 is 6.11. The van der Waals surface area contributed by atoms with E-state index in [9.17, 15) is 9.59 Å². The van der Waals surface area contributed by atoms with E-state index in [0.29, 0.717) is 27.9 Å². The van der Waals surface area contributed by atoms with Gasteiger partial charge in [0.1, 0.15) is 11.7 Å². The van der Waals surface area contributed by atoms with Gasteiger partial charge in [0.15, 0.2) is 0 Å². The maximum absolute atomic E-state index is 12.9. The standard InChI is InChI=1S/C25H24ClN5O2/c1-16-4-11-22(28-15-16)30-25(33)20-14-19(26)9-10-21(20)29-24(32)18-7-5-17(6-8-18)23(27)31-12-2-3-13-31/h4-11,14-15,27H,2-3,12-13H2,1H3,(H,29,32)(H,28,30,33). The van der Waals surface area contributed by atoms with Crippen molar-refractivity contribution in [2.24, 2.45) is 0 Å². The van der Waals surface area contributed by atoms with Crippen LogP contribution in [0.5, 0.6) is 0 Å². The molecule has 168 valence electrons. The molecule has 1 saturated heterocycles. The topological polar surface area (TPSA) is 98.2 Å². The van der Waals surface area contributed by atoms with Crippen LogP contribution in [0.2, 0.25) is 5.02 Å². The molecule has 0 radical (unpaired) electrons. The van der Waals surface area contributed by atoms with Gasteiger partial charge in [0, 0.05) is 35.4 Å². The molecule has 0 aliphatic carbocycles. The van der Waals surface area contributed by atoms with Crippen LogP contribution >= 0.6 is 11.6 Å². The van der Waals surface area contributed by atoms with Crippen molar-refractivity contribution >= 4 is 40.8 Å². The third-order valence-corrected chi connectivity index (χ3v) is 5.71. The lowest BCUT2D eigenvalue weighted by molar-refractivity contribution is 0.102. The second-order valence-corrected chi connectivity index (χ2v) is 8.38. The lowest BCUT2D eigenvalue weighted by Crippen LogP contribution is -2.27. The van der Waals surface area contributed by atoms with Crippen molar-refractivity contribution < 1.29 is 9.59 Å². The van der Waals surface area contributed by atoms with Crippen molar-refractivity contribution in [1.29, 1.82) is 5.41 Å². The molecule has 7 nitrogen and oxygen atoms in total. The number of nitrogens with zero attached hydrogens (tertiary/aromatic N) is 2. The first-order valence-corrected chi connectivity index (χ1v) is 11.1. The number of carbonyl (C=O) groups excluding carboxylic acids is 2. The Kier molecular flexibility index (Phi) is 6.70. The van der Waals surface area contributed by atoms with Crippen molar-refractivity contribution in [3.8, 4) is 0 Å². The predicted molar refractivity (Wildman–Crippen MR) is 130 cm³/mol. The quantitative estimate of drug-likeness (QED) is 0.369. The molecule has 0 atom stereocenters. The normalized spacial score (nSPS) is 13.0. The van der Waals surface area contributed by atoms with E-state index in [0.717, 1.165) is 37.1 Å². The molecule has 3 N–H and O–H groups in total. The van der Waals surface area contributed by atoms with Crippen LogP contribution in [-0.2, 0) is 0 Å². The zero-order chi connectivity index (χ0) is 23.4. The Morgan fingerprint density at radius 3 is 2.30 bits per heavy atom. The molecule has 2 aromatic carbocycles. The molecule has 4 rings (SSSR count). The SMILES string of the molecule is Cc1ccc(NC(=O)c2cc(Cl)ccc2NC(=O)c2ccc(C(=N)N3CCCC3)cc2)nc1. The van der Waals surface area contributed by atoms with Gasteiger partial charge in [-0.1, -0.05) is 29.8 Å². The van der Waals surface area contributed by atoms with E-state index in [-0.39, 0.29) is 11.5 Å². The fourth-order valence-corrected chi connectivity index (χ4v) is 3.81. The number of aryl methyl sites for hydroxylation is 1. The van der Waals surface area contributed by atoms with Crippen LogP contribution in [0.15, 0.2) is 60.8 Å². The van der Waals surface area contributed by atoms with E-state index in [1.165, 1.54) is 6.07 Å². The number of anilines is 2. The second kappa shape index (κ2) is 9.83. The minimum Gasteiger partial charge on any atom is -0.357 e. The highest BCUT2D eigenvalue weighted by molar-refractivity contribution is 6.31. The number of nitrogens with one attached hydrogen (secondary N) is 3. The molecule has 0 bridgehead atoms. The van der Waals surface area contributed by atoms with E-state index in [2.05, 4.69) is 15.6 Å².